The van der Waals surface area contributed by atoms with Crippen molar-refractivity contribution in [3.63, 3.8) is 0 Å². The SMILES string of the molecule is COC1CCCN1C=C1C(=O)Nc2ccc(CCCl)cc21. The monoisotopic (exact) mass is 306 g/mol. The summed E-state index contributed by atoms with van der Waals surface area (Å²) in [7, 11) is 1.71. The molecule has 1 fully saturated rings. The van der Waals surface area contributed by atoms with Crippen molar-refractivity contribution >= 4 is 28.8 Å². The summed E-state index contributed by atoms with van der Waals surface area (Å²) in [5.41, 5.74) is 3.70. The van der Waals surface area contributed by atoms with E-state index in [1.807, 2.05) is 18.3 Å². The van der Waals surface area contributed by atoms with E-state index in [-0.39, 0.29) is 12.1 Å². The number of hydrogen-bond donors (Lipinski definition) is 1. The highest BCUT2D eigenvalue weighted by molar-refractivity contribution is 6.31. The molecule has 112 valence electrons. The number of benzene rings is 1. The molecule has 3 rings (SSSR count). The highest BCUT2D eigenvalue weighted by Gasteiger charge is 2.28. The lowest BCUT2D eigenvalue weighted by atomic mass is 10.0. The van der Waals surface area contributed by atoms with Gasteiger partial charge in [-0.3, -0.25) is 4.79 Å². The zero-order valence-corrected chi connectivity index (χ0v) is 12.8. The zero-order valence-electron chi connectivity index (χ0n) is 12.1. The van der Waals surface area contributed by atoms with Gasteiger partial charge in [0.25, 0.3) is 5.91 Å². The van der Waals surface area contributed by atoms with E-state index in [0.717, 1.165) is 42.6 Å². The Kier molecular flexibility index (Phi) is 4.17. The molecule has 0 saturated carbocycles. The van der Waals surface area contributed by atoms with Crippen LogP contribution < -0.4 is 5.32 Å². The Morgan fingerprint density at radius 3 is 3.14 bits per heavy atom. The highest BCUT2D eigenvalue weighted by atomic mass is 35.5. The van der Waals surface area contributed by atoms with Crippen molar-refractivity contribution in [3.8, 4) is 0 Å². The fourth-order valence-electron chi connectivity index (χ4n) is 2.95. The van der Waals surface area contributed by atoms with Crippen molar-refractivity contribution < 1.29 is 9.53 Å². The lowest BCUT2D eigenvalue weighted by Crippen LogP contribution is -2.26. The quantitative estimate of drug-likeness (QED) is 0.687. The van der Waals surface area contributed by atoms with E-state index in [1.54, 1.807) is 7.11 Å². The largest absolute Gasteiger partial charge is 0.362 e. The van der Waals surface area contributed by atoms with Crippen molar-refractivity contribution in [3.05, 3.63) is 35.5 Å². The molecule has 1 atom stereocenters. The summed E-state index contributed by atoms with van der Waals surface area (Å²) in [5.74, 6) is 0.534. The molecule has 2 aliphatic rings. The molecule has 1 amide bonds. The number of carbonyl (C=O) groups excluding carboxylic acids is 1. The molecule has 2 aliphatic heterocycles. The number of fused-ring (bicyclic) bond motifs is 1. The van der Waals surface area contributed by atoms with Gasteiger partial charge in [0.2, 0.25) is 0 Å². The van der Waals surface area contributed by atoms with Gasteiger partial charge in [-0.25, -0.2) is 0 Å². The third kappa shape index (κ3) is 2.78. The number of anilines is 1. The first-order chi connectivity index (χ1) is 10.2. The van der Waals surface area contributed by atoms with Crippen molar-refractivity contribution in [2.75, 3.05) is 24.9 Å². The number of alkyl halides is 1. The van der Waals surface area contributed by atoms with Gasteiger partial charge in [0.1, 0.15) is 6.23 Å². The number of amides is 1. The molecule has 0 bridgehead atoms. The van der Waals surface area contributed by atoms with Crippen LogP contribution in [0.25, 0.3) is 5.57 Å². The van der Waals surface area contributed by atoms with Gasteiger partial charge in [0, 0.05) is 37.0 Å². The topological polar surface area (TPSA) is 41.6 Å². The number of ether oxygens (including phenoxy) is 1. The number of halogens is 1. The Balaban J connectivity index is 1.93. The molecule has 2 heterocycles. The van der Waals surface area contributed by atoms with Crippen LogP contribution in [0.4, 0.5) is 5.69 Å². The number of rotatable bonds is 4. The molecule has 1 aromatic rings. The molecule has 21 heavy (non-hydrogen) atoms. The number of aryl methyl sites for hydroxylation is 1. The Hall–Kier alpha value is -1.52. The fraction of sp³-hybridized carbons (Fsp3) is 0.438. The standard InChI is InChI=1S/C16H19ClN2O2/c1-21-15-3-2-8-19(15)10-13-12-9-11(6-7-17)4-5-14(12)18-16(13)20/h4-5,9-10,15H,2-3,6-8H2,1H3,(H,18,20). The summed E-state index contributed by atoms with van der Waals surface area (Å²) >= 11 is 5.81. The normalized spacial score (nSPS) is 22.8. The Bertz CT molecular complexity index is 586. The molecular weight excluding hydrogens is 288 g/mol. The lowest BCUT2D eigenvalue weighted by Gasteiger charge is -2.21. The number of nitrogens with one attached hydrogen (secondary N) is 1. The van der Waals surface area contributed by atoms with Crippen LogP contribution in [0.3, 0.4) is 0 Å². The fourth-order valence-corrected chi connectivity index (χ4v) is 3.17. The molecule has 1 N–H and O–H groups in total. The van der Waals surface area contributed by atoms with E-state index in [1.165, 1.54) is 0 Å². The first-order valence-electron chi connectivity index (χ1n) is 7.24. The zero-order chi connectivity index (χ0) is 14.8. The average Bonchev–Trinajstić information content (AvgIpc) is 3.05. The molecule has 0 radical (unpaired) electrons. The Morgan fingerprint density at radius 1 is 1.52 bits per heavy atom. The molecule has 5 heteroatoms. The van der Waals surface area contributed by atoms with E-state index < -0.39 is 0 Å². The number of nitrogens with zero attached hydrogens (tertiary/aromatic N) is 1. The number of methoxy groups -OCH3 is 1. The van der Waals surface area contributed by atoms with Crippen molar-refractivity contribution in [1.82, 2.24) is 4.90 Å². The maximum absolute atomic E-state index is 12.2. The van der Waals surface area contributed by atoms with Gasteiger partial charge >= 0.3 is 0 Å². The molecule has 1 aromatic carbocycles. The van der Waals surface area contributed by atoms with Crippen molar-refractivity contribution in [2.24, 2.45) is 0 Å². The van der Waals surface area contributed by atoms with Crippen LogP contribution in [0.1, 0.15) is 24.0 Å². The minimum atomic E-state index is -0.0465. The van der Waals surface area contributed by atoms with Crippen LogP contribution in [0.5, 0.6) is 0 Å². The minimum absolute atomic E-state index is 0.0465. The molecule has 1 saturated heterocycles. The van der Waals surface area contributed by atoms with Gasteiger partial charge in [-0.15, -0.1) is 11.6 Å². The molecule has 1 unspecified atom stereocenters. The summed E-state index contributed by atoms with van der Waals surface area (Å²) in [5, 5.41) is 2.92. The number of likely N-dealkylation sites (tertiary alicyclic amines) is 1. The van der Waals surface area contributed by atoms with E-state index in [9.17, 15) is 4.79 Å². The van der Waals surface area contributed by atoms with Crippen LogP contribution in [0, 0.1) is 0 Å². The first kappa shape index (κ1) is 14.4. The molecular formula is C16H19ClN2O2. The second kappa shape index (κ2) is 6.08. The average molecular weight is 307 g/mol. The van der Waals surface area contributed by atoms with Crippen molar-refractivity contribution in [2.45, 2.75) is 25.5 Å². The smallest absolute Gasteiger partial charge is 0.257 e. The van der Waals surface area contributed by atoms with Crippen LogP contribution >= 0.6 is 11.6 Å². The van der Waals surface area contributed by atoms with Gasteiger partial charge in [0.05, 0.1) is 5.57 Å². The van der Waals surface area contributed by atoms with Crippen molar-refractivity contribution in [1.29, 1.82) is 0 Å². The molecule has 0 aromatic heterocycles. The van der Waals surface area contributed by atoms with Crippen LogP contribution in [0.15, 0.2) is 24.4 Å². The van der Waals surface area contributed by atoms with Crippen LogP contribution in [-0.2, 0) is 16.0 Å². The summed E-state index contributed by atoms with van der Waals surface area (Å²) < 4.78 is 5.45. The third-order valence-electron chi connectivity index (χ3n) is 4.05. The number of hydrogen-bond acceptors (Lipinski definition) is 3. The van der Waals surface area contributed by atoms with E-state index >= 15 is 0 Å². The summed E-state index contributed by atoms with van der Waals surface area (Å²) in [4.78, 5) is 14.3. The molecule has 0 spiro atoms. The summed E-state index contributed by atoms with van der Waals surface area (Å²) in [6.45, 7) is 0.923. The van der Waals surface area contributed by atoms with Gasteiger partial charge in [0.15, 0.2) is 0 Å². The maximum Gasteiger partial charge on any atom is 0.257 e. The van der Waals surface area contributed by atoms with Gasteiger partial charge in [-0.1, -0.05) is 6.07 Å². The minimum Gasteiger partial charge on any atom is -0.362 e. The predicted molar refractivity (Wildman–Crippen MR) is 84.2 cm³/mol. The second-order valence-electron chi connectivity index (χ2n) is 5.39. The van der Waals surface area contributed by atoms with Gasteiger partial charge < -0.3 is 15.0 Å². The summed E-state index contributed by atoms with van der Waals surface area (Å²) in [6.07, 6.45) is 4.90. The molecule has 0 aliphatic carbocycles. The van der Waals surface area contributed by atoms with E-state index in [0.29, 0.717) is 11.5 Å². The van der Waals surface area contributed by atoms with E-state index in [4.69, 9.17) is 16.3 Å². The maximum atomic E-state index is 12.2. The Morgan fingerprint density at radius 2 is 2.38 bits per heavy atom. The predicted octanol–water partition coefficient (Wildman–Crippen LogP) is 2.83. The second-order valence-corrected chi connectivity index (χ2v) is 5.76. The van der Waals surface area contributed by atoms with Crippen LogP contribution in [-0.4, -0.2) is 36.6 Å². The van der Waals surface area contributed by atoms with Gasteiger partial charge in [-0.2, -0.15) is 0 Å². The van der Waals surface area contributed by atoms with E-state index in [2.05, 4.69) is 16.3 Å². The summed E-state index contributed by atoms with van der Waals surface area (Å²) in [6, 6.07) is 6.02. The van der Waals surface area contributed by atoms with Gasteiger partial charge in [-0.05, 0) is 37.0 Å². The Labute approximate surface area is 129 Å². The number of carbonyl (C=O) groups is 1. The highest BCUT2D eigenvalue weighted by Crippen LogP contribution is 2.34. The van der Waals surface area contributed by atoms with Crippen LogP contribution in [0.2, 0.25) is 0 Å². The first-order valence-corrected chi connectivity index (χ1v) is 7.77. The lowest BCUT2D eigenvalue weighted by molar-refractivity contribution is -0.110. The molecule has 4 nitrogen and oxygen atoms in total. The third-order valence-corrected chi connectivity index (χ3v) is 4.24.